The molecule has 1 aromatic rings. The average Bonchev–Trinajstić information content (AvgIpc) is 2.48. The highest BCUT2D eigenvalue weighted by Gasteiger charge is 2.25. The van der Waals surface area contributed by atoms with Gasteiger partial charge >= 0.3 is 0 Å². The lowest BCUT2D eigenvalue weighted by Gasteiger charge is -2.34. The molecule has 4 heteroatoms. The van der Waals surface area contributed by atoms with Gasteiger partial charge in [0.1, 0.15) is 0 Å². The van der Waals surface area contributed by atoms with Crippen LogP contribution in [0, 0.1) is 0 Å². The predicted molar refractivity (Wildman–Crippen MR) is 94.0 cm³/mol. The van der Waals surface area contributed by atoms with Crippen LogP contribution in [-0.4, -0.2) is 49.8 Å². The van der Waals surface area contributed by atoms with Crippen molar-refractivity contribution >= 4 is 13.4 Å². The molecular weight excluding hydrogens is 277 g/mol. The van der Waals surface area contributed by atoms with E-state index < -0.39 is 8.07 Å². The molecule has 0 aliphatic heterocycles. The summed E-state index contributed by atoms with van der Waals surface area (Å²) in [7, 11) is 5.94. The third-order valence-electron chi connectivity index (χ3n) is 3.63. The summed E-state index contributed by atoms with van der Waals surface area (Å²) in [4.78, 5) is 2.23. The Labute approximate surface area is 129 Å². The summed E-state index contributed by atoms with van der Waals surface area (Å²) in [5.41, 5.74) is 6.37. The first-order valence-electron chi connectivity index (χ1n) is 7.43. The Morgan fingerprint density at radius 3 is 2.48 bits per heavy atom. The third-order valence-corrected chi connectivity index (χ3v) is 6.27. The van der Waals surface area contributed by atoms with E-state index in [0.29, 0.717) is 0 Å². The average molecular weight is 303 g/mol. The summed E-state index contributed by atoms with van der Waals surface area (Å²) in [6.45, 7) is 2.10. The van der Waals surface area contributed by atoms with Crippen molar-refractivity contribution in [3.8, 4) is 0 Å². The molecule has 1 aromatic carbocycles. The Kier molecular flexibility index (Phi) is 6.13. The van der Waals surface area contributed by atoms with Crippen molar-refractivity contribution in [1.82, 2.24) is 9.57 Å². The molecule has 0 saturated heterocycles. The van der Waals surface area contributed by atoms with E-state index in [-0.39, 0.29) is 6.04 Å². The van der Waals surface area contributed by atoms with Gasteiger partial charge in [0, 0.05) is 27.2 Å². The molecule has 114 valence electrons. The van der Waals surface area contributed by atoms with Crippen LogP contribution in [0.4, 0.5) is 0 Å². The molecule has 2 unspecified atom stereocenters. The van der Waals surface area contributed by atoms with E-state index in [9.17, 15) is 0 Å². The first-order valence-corrected chi connectivity index (χ1v) is 8.72. The van der Waals surface area contributed by atoms with E-state index in [4.69, 9.17) is 5.73 Å². The highest BCUT2D eigenvalue weighted by molar-refractivity contribution is 7.67. The minimum atomic E-state index is -0.514. The van der Waals surface area contributed by atoms with Crippen molar-refractivity contribution < 1.29 is 0 Å². The SMILES string of the molecule is CN(C)CCN(C)P(C1=CC=CCC1N)c1ccccc1. The Balaban J connectivity index is 2.26. The van der Waals surface area contributed by atoms with Crippen molar-refractivity contribution in [3.05, 3.63) is 53.9 Å². The molecule has 0 spiro atoms. The minimum absolute atomic E-state index is 0.142. The molecule has 0 radical (unpaired) electrons. The van der Waals surface area contributed by atoms with Gasteiger partial charge in [0.05, 0.1) is 0 Å². The van der Waals surface area contributed by atoms with Crippen molar-refractivity contribution in [2.75, 3.05) is 34.2 Å². The summed E-state index contributed by atoms with van der Waals surface area (Å²) < 4.78 is 2.47. The largest absolute Gasteiger partial charge is 0.324 e. The van der Waals surface area contributed by atoms with Crippen LogP contribution < -0.4 is 11.0 Å². The Morgan fingerprint density at radius 2 is 1.86 bits per heavy atom. The molecule has 0 aromatic heterocycles. The lowest BCUT2D eigenvalue weighted by Crippen LogP contribution is -2.32. The first kappa shape index (κ1) is 16.4. The van der Waals surface area contributed by atoms with Crippen molar-refractivity contribution in [2.24, 2.45) is 5.73 Å². The van der Waals surface area contributed by atoms with E-state index in [2.05, 4.69) is 79.3 Å². The fraction of sp³-hybridized carbons (Fsp3) is 0.412. The summed E-state index contributed by atoms with van der Waals surface area (Å²) in [5, 5.41) is 2.76. The van der Waals surface area contributed by atoms with Gasteiger partial charge in [-0.25, -0.2) is 0 Å². The zero-order valence-corrected chi connectivity index (χ0v) is 14.1. The zero-order chi connectivity index (χ0) is 15.2. The topological polar surface area (TPSA) is 32.5 Å². The van der Waals surface area contributed by atoms with Crippen LogP contribution in [0.3, 0.4) is 0 Å². The van der Waals surface area contributed by atoms with E-state index in [1.54, 1.807) is 0 Å². The maximum Gasteiger partial charge on any atom is 0.0349 e. The maximum absolute atomic E-state index is 6.37. The van der Waals surface area contributed by atoms with Crippen LogP contribution in [0.2, 0.25) is 0 Å². The van der Waals surface area contributed by atoms with Gasteiger partial charge in [0.25, 0.3) is 0 Å². The number of nitrogens with zero attached hydrogens (tertiary/aromatic N) is 2. The third kappa shape index (κ3) is 4.49. The molecule has 2 rings (SSSR count). The van der Waals surface area contributed by atoms with Gasteiger partial charge < -0.3 is 10.6 Å². The van der Waals surface area contributed by atoms with Gasteiger partial charge in [0.2, 0.25) is 0 Å². The molecule has 2 N–H and O–H groups in total. The Hall–Kier alpha value is -0.990. The van der Waals surface area contributed by atoms with Crippen LogP contribution in [0.25, 0.3) is 0 Å². The van der Waals surface area contributed by atoms with Gasteiger partial charge in [-0.05, 0) is 38.2 Å². The highest BCUT2D eigenvalue weighted by atomic mass is 31.1. The van der Waals surface area contributed by atoms with Crippen molar-refractivity contribution in [2.45, 2.75) is 12.5 Å². The van der Waals surface area contributed by atoms with Crippen molar-refractivity contribution in [1.29, 1.82) is 0 Å². The maximum atomic E-state index is 6.37. The molecule has 0 heterocycles. The molecule has 0 bridgehead atoms. The van der Waals surface area contributed by atoms with Gasteiger partial charge in [-0.3, -0.25) is 4.67 Å². The second-order valence-corrected chi connectivity index (χ2v) is 8.03. The Morgan fingerprint density at radius 1 is 1.14 bits per heavy atom. The van der Waals surface area contributed by atoms with Crippen molar-refractivity contribution in [3.63, 3.8) is 0 Å². The van der Waals surface area contributed by atoms with E-state index in [1.807, 2.05) is 0 Å². The second kappa shape index (κ2) is 7.86. The summed E-state index contributed by atoms with van der Waals surface area (Å²) in [6.07, 6.45) is 7.47. The molecule has 0 saturated carbocycles. The van der Waals surface area contributed by atoms with Crippen LogP contribution in [0.15, 0.2) is 53.9 Å². The lowest BCUT2D eigenvalue weighted by molar-refractivity contribution is 0.369. The van der Waals surface area contributed by atoms with E-state index >= 15 is 0 Å². The van der Waals surface area contributed by atoms with Crippen LogP contribution in [0.1, 0.15) is 6.42 Å². The van der Waals surface area contributed by atoms with Crippen LogP contribution in [-0.2, 0) is 0 Å². The monoisotopic (exact) mass is 303 g/mol. The molecule has 0 fully saturated rings. The van der Waals surface area contributed by atoms with E-state index in [0.717, 1.165) is 19.5 Å². The van der Waals surface area contributed by atoms with Gasteiger partial charge in [-0.15, -0.1) is 0 Å². The molecule has 3 nitrogen and oxygen atoms in total. The summed E-state index contributed by atoms with van der Waals surface area (Å²) >= 11 is 0. The zero-order valence-electron chi connectivity index (χ0n) is 13.2. The highest BCUT2D eigenvalue weighted by Crippen LogP contribution is 2.48. The van der Waals surface area contributed by atoms with Gasteiger partial charge in [0.15, 0.2) is 0 Å². The Bertz CT molecular complexity index is 496. The number of nitrogens with two attached hydrogens (primary N) is 1. The summed E-state index contributed by atoms with van der Waals surface area (Å²) in [5.74, 6) is 0. The second-order valence-electron chi connectivity index (χ2n) is 5.69. The fourth-order valence-electron chi connectivity index (χ4n) is 2.42. The van der Waals surface area contributed by atoms with Gasteiger partial charge in [-0.2, -0.15) is 0 Å². The molecule has 1 aliphatic carbocycles. The smallest absolute Gasteiger partial charge is 0.0349 e. The quantitative estimate of drug-likeness (QED) is 0.819. The summed E-state index contributed by atoms with van der Waals surface area (Å²) in [6, 6.07) is 10.9. The number of hydrogen-bond donors (Lipinski definition) is 1. The molecule has 0 amide bonds. The number of likely N-dealkylation sites (N-methyl/N-ethyl adjacent to an activating group) is 2. The van der Waals surface area contributed by atoms with Crippen LogP contribution >= 0.6 is 8.07 Å². The molecule has 21 heavy (non-hydrogen) atoms. The predicted octanol–water partition coefficient (Wildman–Crippen LogP) is 2.37. The first-order chi connectivity index (χ1) is 10.1. The molecular formula is C17H26N3P. The number of hydrogen-bond acceptors (Lipinski definition) is 3. The molecule has 1 aliphatic rings. The number of benzene rings is 1. The molecule has 2 atom stereocenters. The number of rotatable bonds is 6. The minimum Gasteiger partial charge on any atom is -0.324 e. The fourth-order valence-corrected chi connectivity index (χ4v) is 4.90. The lowest BCUT2D eigenvalue weighted by atomic mass is 10.1. The van der Waals surface area contributed by atoms with E-state index in [1.165, 1.54) is 10.6 Å². The van der Waals surface area contributed by atoms with Gasteiger partial charge in [-0.1, -0.05) is 48.6 Å². The van der Waals surface area contributed by atoms with Crippen LogP contribution in [0.5, 0.6) is 0 Å². The standard InChI is InChI=1S/C17H26N3P/c1-19(2)13-14-20(3)21(15-9-5-4-6-10-15)17-12-8-7-11-16(17)18/h4-10,12,16H,11,13-14,18H2,1-3H3. The number of allylic oxidation sites excluding steroid dienone is 2. The normalized spacial score (nSPS) is 19.9.